The monoisotopic (exact) mass is 600 g/mol. The van der Waals surface area contributed by atoms with Crippen LogP contribution in [0.5, 0.6) is 0 Å². The number of nitrogens with one attached hydrogen (secondary N) is 4. The lowest BCUT2D eigenvalue weighted by Gasteiger charge is -2.25. The van der Waals surface area contributed by atoms with Crippen LogP contribution in [0.1, 0.15) is 49.3 Å². The number of hydrogen-bond donors (Lipinski definition) is 6. The van der Waals surface area contributed by atoms with E-state index in [4.69, 9.17) is 16.2 Å². The van der Waals surface area contributed by atoms with Crippen molar-refractivity contribution in [3.63, 3.8) is 0 Å². The molecule has 0 heterocycles. The Balaban J connectivity index is 1.40. The van der Waals surface area contributed by atoms with Crippen molar-refractivity contribution in [2.24, 2.45) is 17.4 Å². The third-order valence-electron chi connectivity index (χ3n) is 7.63. The highest BCUT2D eigenvalue weighted by Gasteiger charge is 2.32. The Labute approximate surface area is 257 Å². The fourth-order valence-corrected chi connectivity index (χ4v) is 5.30. The minimum Gasteiger partial charge on any atom is -0.449 e. The van der Waals surface area contributed by atoms with Crippen molar-refractivity contribution in [1.82, 2.24) is 16.0 Å². The SMILES string of the molecule is CC(C)[C@H](NC(=O)OCC1c2ccccc2-c2ccccc21)C(=O)N[C@@H](CCCNC(N)=O)C(=O)Nc1ccc(CN)cc1. The minimum absolute atomic E-state index is 0.104. The molecule has 1 aliphatic rings. The van der Waals surface area contributed by atoms with Crippen LogP contribution in [0.25, 0.3) is 11.1 Å². The number of fused-ring (bicyclic) bond motifs is 3. The summed E-state index contributed by atoms with van der Waals surface area (Å²) in [7, 11) is 0. The molecule has 44 heavy (non-hydrogen) atoms. The third-order valence-corrected chi connectivity index (χ3v) is 7.63. The molecule has 0 unspecified atom stereocenters. The van der Waals surface area contributed by atoms with Crippen LogP contribution in [0.2, 0.25) is 0 Å². The van der Waals surface area contributed by atoms with Gasteiger partial charge in [-0.2, -0.15) is 0 Å². The van der Waals surface area contributed by atoms with Crippen molar-refractivity contribution >= 4 is 29.6 Å². The Morgan fingerprint density at radius 1 is 0.841 bits per heavy atom. The van der Waals surface area contributed by atoms with E-state index in [1.807, 2.05) is 36.4 Å². The lowest BCUT2D eigenvalue weighted by molar-refractivity contribution is -0.128. The first-order chi connectivity index (χ1) is 21.2. The summed E-state index contributed by atoms with van der Waals surface area (Å²) in [4.78, 5) is 50.7. The zero-order valence-electron chi connectivity index (χ0n) is 25.0. The van der Waals surface area contributed by atoms with Gasteiger partial charge >= 0.3 is 12.1 Å². The topological polar surface area (TPSA) is 178 Å². The van der Waals surface area contributed by atoms with E-state index in [9.17, 15) is 19.2 Å². The van der Waals surface area contributed by atoms with Crippen LogP contribution in [-0.4, -0.2) is 49.2 Å². The molecule has 2 atom stereocenters. The zero-order valence-corrected chi connectivity index (χ0v) is 25.0. The lowest BCUT2D eigenvalue weighted by Crippen LogP contribution is -2.54. The standard InChI is InChI=1S/C33H40N6O5/c1-20(2)29(39-33(43)44-19-27-25-10-5-3-8-23(25)24-9-4-6-11-26(24)27)31(41)38-28(12-7-17-36-32(35)42)30(40)37-22-15-13-21(18-34)14-16-22/h3-6,8-11,13-16,20,27-29H,7,12,17-19,34H2,1-2H3,(H,37,40)(H,38,41)(H,39,43)(H3,35,36,42)/t28-,29-/m0/s1. The molecule has 0 saturated heterocycles. The van der Waals surface area contributed by atoms with E-state index in [1.54, 1.807) is 38.1 Å². The number of carbonyl (C=O) groups excluding carboxylic acids is 4. The number of urea groups is 1. The van der Waals surface area contributed by atoms with Gasteiger partial charge in [-0.25, -0.2) is 9.59 Å². The average molecular weight is 601 g/mol. The molecule has 8 N–H and O–H groups in total. The van der Waals surface area contributed by atoms with Gasteiger partial charge in [-0.15, -0.1) is 0 Å². The molecule has 5 amide bonds. The maximum Gasteiger partial charge on any atom is 0.407 e. The molecule has 11 nitrogen and oxygen atoms in total. The molecule has 232 valence electrons. The maximum atomic E-state index is 13.4. The molecule has 0 aromatic heterocycles. The van der Waals surface area contributed by atoms with E-state index in [2.05, 4.69) is 33.4 Å². The number of carbonyl (C=O) groups is 4. The molecule has 4 rings (SSSR count). The Bertz CT molecular complexity index is 1430. The van der Waals surface area contributed by atoms with Gasteiger partial charge in [-0.05, 0) is 58.7 Å². The summed E-state index contributed by atoms with van der Waals surface area (Å²) in [5.41, 5.74) is 16.6. The van der Waals surface area contributed by atoms with Gasteiger partial charge in [0.1, 0.15) is 18.7 Å². The van der Waals surface area contributed by atoms with Crippen molar-refractivity contribution in [3.05, 3.63) is 89.5 Å². The fourth-order valence-electron chi connectivity index (χ4n) is 5.30. The summed E-state index contributed by atoms with van der Waals surface area (Å²) in [5.74, 6) is -1.41. The molecule has 0 bridgehead atoms. The van der Waals surface area contributed by atoms with E-state index in [0.717, 1.165) is 27.8 Å². The molecule has 3 aromatic rings. The van der Waals surface area contributed by atoms with Gasteiger partial charge in [0, 0.05) is 24.7 Å². The molecule has 0 spiro atoms. The van der Waals surface area contributed by atoms with E-state index in [1.165, 1.54) is 0 Å². The molecular weight excluding hydrogens is 560 g/mol. The van der Waals surface area contributed by atoms with E-state index >= 15 is 0 Å². The van der Waals surface area contributed by atoms with Crippen molar-refractivity contribution in [2.75, 3.05) is 18.5 Å². The highest BCUT2D eigenvalue weighted by atomic mass is 16.5. The highest BCUT2D eigenvalue weighted by molar-refractivity contribution is 5.98. The fraction of sp³-hybridized carbons (Fsp3) is 0.333. The summed E-state index contributed by atoms with van der Waals surface area (Å²) in [6.45, 7) is 4.28. The van der Waals surface area contributed by atoms with Crippen molar-refractivity contribution in [2.45, 2.75) is 51.2 Å². The van der Waals surface area contributed by atoms with E-state index in [0.29, 0.717) is 18.7 Å². The predicted molar refractivity (Wildman–Crippen MR) is 169 cm³/mol. The Kier molecular flexibility index (Phi) is 10.9. The summed E-state index contributed by atoms with van der Waals surface area (Å²) >= 11 is 0. The maximum absolute atomic E-state index is 13.4. The first-order valence-corrected chi connectivity index (χ1v) is 14.7. The summed E-state index contributed by atoms with van der Waals surface area (Å²) in [6, 6.07) is 20.5. The van der Waals surface area contributed by atoms with Crippen LogP contribution < -0.4 is 32.7 Å². The quantitative estimate of drug-likeness (QED) is 0.163. The van der Waals surface area contributed by atoms with Gasteiger partial charge in [0.25, 0.3) is 0 Å². The van der Waals surface area contributed by atoms with E-state index in [-0.39, 0.29) is 31.4 Å². The molecule has 0 radical (unpaired) electrons. The number of ether oxygens (including phenoxy) is 1. The van der Waals surface area contributed by atoms with Crippen LogP contribution in [0.4, 0.5) is 15.3 Å². The van der Waals surface area contributed by atoms with Crippen molar-refractivity contribution in [1.29, 1.82) is 0 Å². The molecule has 1 aliphatic carbocycles. The molecule has 3 aromatic carbocycles. The lowest BCUT2D eigenvalue weighted by atomic mass is 9.98. The van der Waals surface area contributed by atoms with Crippen LogP contribution in [0, 0.1) is 5.92 Å². The number of primary amides is 1. The number of alkyl carbamates (subject to hydrolysis) is 1. The van der Waals surface area contributed by atoms with Gasteiger partial charge < -0.3 is 37.5 Å². The molecular formula is C33H40N6O5. The Morgan fingerprint density at radius 2 is 1.45 bits per heavy atom. The van der Waals surface area contributed by atoms with Crippen LogP contribution >= 0.6 is 0 Å². The summed E-state index contributed by atoms with van der Waals surface area (Å²) < 4.78 is 5.65. The number of anilines is 1. The Morgan fingerprint density at radius 3 is 2.02 bits per heavy atom. The van der Waals surface area contributed by atoms with E-state index < -0.39 is 36.0 Å². The van der Waals surface area contributed by atoms with Gasteiger partial charge in [-0.3, -0.25) is 9.59 Å². The average Bonchev–Trinajstić information content (AvgIpc) is 3.33. The second-order valence-electron chi connectivity index (χ2n) is 11.1. The van der Waals surface area contributed by atoms with Crippen LogP contribution in [0.3, 0.4) is 0 Å². The molecule has 0 saturated carbocycles. The second kappa shape index (κ2) is 15.0. The molecule has 11 heteroatoms. The number of rotatable bonds is 13. The van der Waals surface area contributed by atoms with Crippen LogP contribution in [0.15, 0.2) is 72.8 Å². The first-order valence-electron chi connectivity index (χ1n) is 14.7. The Hall–Kier alpha value is -4.90. The van der Waals surface area contributed by atoms with Gasteiger partial charge in [0.2, 0.25) is 11.8 Å². The molecule has 0 aliphatic heterocycles. The summed E-state index contributed by atoms with van der Waals surface area (Å²) in [6.07, 6.45) is -0.138. The number of benzene rings is 3. The number of nitrogens with two attached hydrogens (primary N) is 2. The van der Waals surface area contributed by atoms with Crippen molar-refractivity contribution in [3.8, 4) is 11.1 Å². The predicted octanol–water partition coefficient (Wildman–Crippen LogP) is 3.58. The third kappa shape index (κ3) is 8.13. The number of amides is 5. The summed E-state index contributed by atoms with van der Waals surface area (Å²) in [5, 5.41) is 10.7. The smallest absolute Gasteiger partial charge is 0.407 e. The molecule has 0 fully saturated rings. The second-order valence-corrected chi connectivity index (χ2v) is 11.1. The zero-order chi connectivity index (χ0) is 31.6. The normalized spacial score (nSPS) is 13.3. The number of hydrogen-bond acceptors (Lipinski definition) is 6. The largest absolute Gasteiger partial charge is 0.449 e. The van der Waals surface area contributed by atoms with Crippen molar-refractivity contribution < 1.29 is 23.9 Å². The van der Waals surface area contributed by atoms with Crippen LogP contribution in [-0.2, 0) is 20.9 Å². The minimum atomic E-state index is -0.964. The first kappa shape index (κ1) is 32.0. The van der Waals surface area contributed by atoms with Gasteiger partial charge in [-0.1, -0.05) is 74.5 Å². The highest BCUT2D eigenvalue weighted by Crippen LogP contribution is 2.44. The van der Waals surface area contributed by atoms with Gasteiger partial charge in [0.05, 0.1) is 0 Å². The van der Waals surface area contributed by atoms with Gasteiger partial charge in [0.15, 0.2) is 0 Å².